The van der Waals surface area contributed by atoms with E-state index in [-0.39, 0.29) is 5.82 Å². The molecular formula is C46H33N3. The topological polar surface area (TPSA) is 30.7 Å². The van der Waals surface area contributed by atoms with E-state index < -0.39 is 13.2 Å². The molecular weight excluding hydrogens is 595 g/mol. The lowest BCUT2D eigenvalue weighted by molar-refractivity contribution is 0.909. The van der Waals surface area contributed by atoms with E-state index >= 15 is 0 Å². The van der Waals surface area contributed by atoms with Crippen LogP contribution in [0.25, 0.3) is 82.9 Å². The van der Waals surface area contributed by atoms with Crippen molar-refractivity contribution in [1.82, 2.24) is 14.5 Å². The van der Waals surface area contributed by atoms with Gasteiger partial charge in [0.25, 0.3) is 0 Å². The summed E-state index contributed by atoms with van der Waals surface area (Å²) in [6, 6.07) is 55.0. The molecule has 0 N–H and O–H groups in total. The van der Waals surface area contributed by atoms with Crippen molar-refractivity contribution in [3.63, 3.8) is 0 Å². The predicted octanol–water partition coefficient (Wildman–Crippen LogP) is 12.0. The van der Waals surface area contributed by atoms with Crippen LogP contribution in [0.1, 0.15) is 19.5 Å². The van der Waals surface area contributed by atoms with E-state index in [2.05, 4.69) is 108 Å². The number of hydrogen-bond acceptors (Lipinski definition) is 2. The van der Waals surface area contributed by atoms with Crippen LogP contribution in [0.15, 0.2) is 170 Å². The fourth-order valence-corrected chi connectivity index (χ4v) is 7.26. The predicted molar refractivity (Wildman–Crippen MR) is 205 cm³/mol. The van der Waals surface area contributed by atoms with Gasteiger partial charge in [0.15, 0.2) is 0 Å². The molecule has 0 amide bonds. The van der Waals surface area contributed by atoms with Crippen LogP contribution in [0.2, 0.25) is 0 Å². The molecule has 0 atom stereocenters. The molecule has 3 nitrogen and oxygen atoms in total. The number of fused-ring (bicyclic) bond motifs is 3. The molecule has 7 aromatic carbocycles. The third-order valence-electron chi connectivity index (χ3n) is 9.37. The minimum atomic E-state index is -2.93. The van der Waals surface area contributed by atoms with E-state index in [1.807, 2.05) is 60.8 Å². The summed E-state index contributed by atoms with van der Waals surface area (Å²) in [7, 11) is 0. The van der Waals surface area contributed by atoms with E-state index in [0.717, 1.165) is 66.2 Å². The average Bonchev–Trinajstić information content (AvgIpc) is 3.60. The van der Waals surface area contributed by atoms with Gasteiger partial charge in [0.1, 0.15) is 5.82 Å². The number of benzene rings is 7. The number of para-hydroxylation sites is 3. The molecule has 0 unspecified atom stereocenters. The van der Waals surface area contributed by atoms with Gasteiger partial charge in [-0.15, -0.1) is 0 Å². The summed E-state index contributed by atoms with van der Waals surface area (Å²) in [4.78, 5) is 9.26. The number of aromatic nitrogens is 3. The molecule has 2 heterocycles. The molecule has 232 valence electrons. The zero-order valence-electron chi connectivity index (χ0n) is 31.5. The first-order chi connectivity index (χ1) is 26.2. The van der Waals surface area contributed by atoms with Crippen LogP contribution in [0, 0.1) is 0 Å². The van der Waals surface area contributed by atoms with Crippen molar-refractivity contribution in [1.29, 1.82) is 0 Å². The second kappa shape index (κ2) is 12.0. The second-order valence-electron chi connectivity index (χ2n) is 12.1. The van der Waals surface area contributed by atoms with Crippen LogP contribution in [0.4, 0.5) is 0 Å². The Kier molecular flexibility index (Phi) is 5.88. The maximum Gasteiger partial charge on any atom is 0.114 e. The molecule has 3 heteroatoms. The summed E-state index contributed by atoms with van der Waals surface area (Å²) in [5.41, 5.74) is 10.0. The van der Waals surface area contributed by atoms with E-state index in [0.29, 0.717) is 16.7 Å². The lowest BCUT2D eigenvalue weighted by Crippen LogP contribution is -2.02. The molecule has 9 aromatic rings. The Morgan fingerprint density at radius 3 is 1.80 bits per heavy atom. The number of hydrogen-bond donors (Lipinski definition) is 0. The second-order valence-corrected chi connectivity index (χ2v) is 12.1. The Balaban J connectivity index is 1.22. The van der Waals surface area contributed by atoms with Gasteiger partial charge in [-0.2, -0.15) is 0 Å². The standard InChI is InChI=1S/C46H33N3/c1-2-44-48-41-23-10-12-25-43(41)49(44)42-24-11-9-15-33(42)31-26-28-32(29-27-31)45-36-18-5-7-20-38(36)46(39-21-8-6-19-37(39)45)35-17-4-3-16-34(35)40-22-13-14-30-47-40/h3-30H,2H2,1H3/i1D3,2D2. The van der Waals surface area contributed by atoms with E-state index in [1.165, 1.54) is 0 Å². The first-order valence-corrected chi connectivity index (χ1v) is 16.3. The van der Waals surface area contributed by atoms with Crippen molar-refractivity contribution in [3.8, 4) is 50.3 Å². The van der Waals surface area contributed by atoms with Gasteiger partial charge in [-0.1, -0.05) is 140 Å². The Bertz CT molecular complexity index is 2780. The third kappa shape index (κ3) is 4.82. The summed E-state index contributed by atoms with van der Waals surface area (Å²) in [5.74, 6) is -0.157. The molecule has 0 saturated carbocycles. The quantitative estimate of drug-likeness (QED) is 0.171. The molecule has 0 aliphatic heterocycles. The monoisotopic (exact) mass is 632 g/mol. The molecule has 9 rings (SSSR count). The molecule has 0 radical (unpaired) electrons. The van der Waals surface area contributed by atoms with Gasteiger partial charge >= 0.3 is 0 Å². The third-order valence-corrected chi connectivity index (χ3v) is 9.37. The number of nitrogens with zero attached hydrogens (tertiary/aromatic N) is 3. The fourth-order valence-electron chi connectivity index (χ4n) is 7.26. The minimum Gasteiger partial charge on any atom is -0.296 e. The molecule has 0 aliphatic rings. The molecule has 0 spiro atoms. The van der Waals surface area contributed by atoms with E-state index in [4.69, 9.17) is 11.8 Å². The zero-order valence-corrected chi connectivity index (χ0v) is 26.5. The highest BCUT2D eigenvalue weighted by molar-refractivity contribution is 6.22. The highest BCUT2D eigenvalue weighted by atomic mass is 15.1. The van der Waals surface area contributed by atoms with Gasteiger partial charge in [-0.05, 0) is 79.7 Å². The van der Waals surface area contributed by atoms with Gasteiger partial charge in [-0.3, -0.25) is 9.55 Å². The van der Waals surface area contributed by atoms with Crippen molar-refractivity contribution in [3.05, 3.63) is 176 Å². The Hall–Kier alpha value is -6.32. The molecule has 49 heavy (non-hydrogen) atoms. The molecule has 0 aliphatic carbocycles. The van der Waals surface area contributed by atoms with Crippen LogP contribution < -0.4 is 0 Å². The van der Waals surface area contributed by atoms with Gasteiger partial charge in [0.05, 0.1) is 22.4 Å². The van der Waals surface area contributed by atoms with Crippen molar-refractivity contribution in [2.45, 2.75) is 13.2 Å². The highest BCUT2D eigenvalue weighted by Gasteiger charge is 2.20. The maximum atomic E-state index is 8.71. The number of pyridine rings is 1. The lowest BCUT2D eigenvalue weighted by Gasteiger charge is -2.20. The number of imidazole rings is 1. The molecule has 0 bridgehead atoms. The summed E-state index contributed by atoms with van der Waals surface area (Å²) in [6.07, 6.45) is -0.866. The highest BCUT2D eigenvalue weighted by Crippen LogP contribution is 2.46. The van der Waals surface area contributed by atoms with Crippen molar-refractivity contribution in [2.75, 3.05) is 0 Å². The first-order valence-electron chi connectivity index (χ1n) is 18.8. The van der Waals surface area contributed by atoms with Gasteiger partial charge in [0.2, 0.25) is 0 Å². The van der Waals surface area contributed by atoms with Gasteiger partial charge < -0.3 is 0 Å². The van der Waals surface area contributed by atoms with E-state index in [1.54, 1.807) is 10.6 Å². The molecule has 2 aromatic heterocycles. The molecule has 0 saturated heterocycles. The Labute approximate surface area is 292 Å². The van der Waals surface area contributed by atoms with Crippen LogP contribution in [0.3, 0.4) is 0 Å². The SMILES string of the molecule is [2H]C([2H])([2H])C([2H])([2H])c1nc2ccccc2n1-c1ccccc1-c1ccc(-c2c3ccccc3c(-c3ccccc3-c3ccccn3)c3ccccc23)cc1. The zero-order chi connectivity index (χ0) is 37.0. The smallest absolute Gasteiger partial charge is 0.114 e. The summed E-state index contributed by atoms with van der Waals surface area (Å²) >= 11 is 0. The largest absolute Gasteiger partial charge is 0.296 e. The molecule has 0 fully saturated rings. The summed E-state index contributed by atoms with van der Waals surface area (Å²) in [6.45, 7) is -2.93. The van der Waals surface area contributed by atoms with Crippen LogP contribution in [-0.4, -0.2) is 14.5 Å². The number of rotatable bonds is 6. The van der Waals surface area contributed by atoms with Gasteiger partial charge in [-0.25, -0.2) is 4.98 Å². The van der Waals surface area contributed by atoms with Crippen LogP contribution >= 0.6 is 0 Å². The Morgan fingerprint density at radius 2 is 1.10 bits per heavy atom. The van der Waals surface area contributed by atoms with E-state index in [9.17, 15) is 0 Å². The summed E-state index contributed by atoms with van der Waals surface area (Å²) < 4.78 is 43.3. The normalized spacial score (nSPS) is 13.5. The first kappa shape index (κ1) is 23.9. The van der Waals surface area contributed by atoms with Crippen molar-refractivity contribution in [2.24, 2.45) is 0 Å². The average molecular weight is 633 g/mol. The van der Waals surface area contributed by atoms with Crippen LogP contribution in [0.5, 0.6) is 0 Å². The van der Waals surface area contributed by atoms with Crippen molar-refractivity contribution >= 4 is 32.6 Å². The number of aryl methyl sites for hydroxylation is 1. The van der Waals surface area contributed by atoms with Crippen molar-refractivity contribution < 1.29 is 6.85 Å². The minimum absolute atomic E-state index is 0.157. The fraction of sp³-hybridized carbons (Fsp3) is 0.0435. The summed E-state index contributed by atoms with van der Waals surface area (Å²) in [5, 5.41) is 4.56. The van der Waals surface area contributed by atoms with Gasteiger partial charge in [0, 0.05) is 30.6 Å². The lowest BCUT2D eigenvalue weighted by atomic mass is 9.84. The Morgan fingerprint density at radius 1 is 0.531 bits per heavy atom. The van der Waals surface area contributed by atoms with Crippen LogP contribution in [-0.2, 0) is 6.37 Å². The maximum absolute atomic E-state index is 8.71.